The molecule has 0 radical (unpaired) electrons. The van der Waals surface area contributed by atoms with E-state index in [0.717, 1.165) is 28.3 Å². The summed E-state index contributed by atoms with van der Waals surface area (Å²) in [6, 6.07) is 16.8. The first-order valence-corrected chi connectivity index (χ1v) is 9.60. The van der Waals surface area contributed by atoms with Gasteiger partial charge in [0.25, 0.3) is 0 Å². The first-order valence-electron chi connectivity index (χ1n) is 8.34. The number of rotatable bonds is 6. The van der Waals surface area contributed by atoms with Gasteiger partial charge < -0.3 is 10.1 Å². The van der Waals surface area contributed by atoms with E-state index in [1.807, 2.05) is 53.9 Å². The molecule has 0 aliphatic carbocycles. The van der Waals surface area contributed by atoms with Crippen molar-refractivity contribution in [3.8, 4) is 33.4 Å². The minimum absolute atomic E-state index is 0.540. The van der Waals surface area contributed by atoms with Crippen molar-refractivity contribution in [1.82, 2.24) is 14.8 Å². The van der Waals surface area contributed by atoms with E-state index in [0.29, 0.717) is 22.4 Å². The zero-order chi connectivity index (χ0) is 19.5. The SMILES string of the molecule is COc1ccc(-c2cc(NC=O)n(-c3nc(-c4ccc(Cl)cc4)cs3)n2)cc1. The summed E-state index contributed by atoms with van der Waals surface area (Å²) in [5, 5.41) is 10.6. The molecule has 28 heavy (non-hydrogen) atoms. The Morgan fingerprint density at radius 3 is 2.43 bits per heavy atom. The zero-order valence-electron chi connectivity index (χ0n) is 14.8. The summed E-state index contributed by atoms with van der Waals surface area (Å²) in [5.41, 5.74) is 3.40. The van der Waals surface area contributed by atoms with E-state index in [4.69, 9.17) is 16.3 Å². The number of ether oxygens (including phenoxy) is 1. The first kappa shape index (κ1) is 18.2. The van der Waals surface area contributed by atoms with Gasteiger partial charge in [-0.1, -0.05) is 23.7 Å². The van der Waals surface area contributed by atoms with Crippen molar-refractivity contribution >= 4 is 35.2 Å². The zero-order valence-corrected chi connectivity index (χ0v) is 16.4. The predicted octanol–water partition coefficient (Wildman–Crippen LogP) is 4.89. The fraction of sp³-hybridized carbons (Fsp3) is 0.0500. The van der Waals surface area contributed by atoms with Crippen LogP contribution in [0, 0.1) is 0 Å². The van der Waals surface area contributed by atoms with Crippen LogP contribution in [0.1, 0.15) is 0 Å². The molecule has 4 rings (SSSR count). The quantitative estimate of drug-likeness (QED) is 0.459. The molecule has 1 N–H and O–H groups in total. The van der Waals surface area contributed by atoms with Crippen molar-refractivity contribution in [2.75, 3.05) is 12.4 Å². The normalized spacial score (nSPS) is 10.6. The number of amides is 1. The molecule has 0 atom stereocenters. The van der Waals surface area contributed by atoms with E-state index in [2.05, 4.69) is 15.4 Å². The number of halogens is 1. The maximum atomic E-state index is 11.0. The van der Waals surface area contributed by atoms with Crippen LogP contribution in [-0.4, -0.2) is 28.3 Å². The van der Waals surface area contributed by atoms with Gasteiger partial charge in [-0.05, 0) is 36.4 Å². The van der Waals surface area contributed by atoms with Gasteiger partial charge in [0, 0.05) is 27.6 Å². The fourth-order valence-electron chi connectivity index (χ4n) is 2.71. The Bertz CT molecular complexity index is 1100. The van der Waals surface area contributed by atoms with E-state index in [9.17, 15) is 4.79 Å². The molecular formula is C20H15ClN4O2S. The molecule has 0 fully saturated rings. The topological polar surface area (TPSA) is 69.0 Å². The third-order valence-corrected chi connectivity index (χ3v) is 5.18. The van der Waals surface area contributed by atoms with Gasteiger partial charge in [-0.2, -0.15) is 9.78 Å². The second kappa shape index (κ2) is 7.84. The molecule has 0 bridgehead atoms. The molecule has 0 aliphatic rings. The number of hydrogen-bond donors (Lipinski definition) is 1. The van der Waals surface area contributed by atoms with Crippen LogP contribution >= 0.6 is 22.9 Å². The summed E-state index contributed by atoms with van der Waals surface area (Å²) in [6.45, 7) is 0. The predicted molar refractivity (Wildman–Crippen MR) is 111 cm³/mol. The number of aromatic nitrogens is 3. The highest BCUT2D eigenvalue weighted by molar-refractivity contribution is 7.12. The summed E-state index contributed by atoms with van der Waals surface area (Å²) in [4.78, 5) is 15.7. The van der Waals surface area contributed by atoms with Crippen LogP contribution < -0.4 is 10.1 Å². The number of carbonyl (C=O) groups excluding carboxylic acids is 1. The van der Waals surface area contributed by atoms with Crippen LogP contribution in [0.25, 0.3) is 27.6 Å². The van der Waals surface area contributed by atoms with Gasteiger partial charge in [0.2, 0.25) is 11.5 Å². The Morgan fingerprint density at radius 2 is 1.75 bits per heavy atom. The van der Waals surface area contributed by atoms with Crippen molar-refractivity contribution in [3.05, 3.63) is 65.0 Å². The van der Waals surface area contributed by atoms with Crippen molar-refractivity contribution in [3.63, 3.8) is 0 Å². The molecule has 1 amide bonds. The molecule has 0 saturated carbocycles. The number of nitrogens with zero attached hydrogens (tertiary/aromatic N) is 3. The van der Waals surface area contributed by atoms with Crippen molar-refractivity contribution < 1.29 is 9.53 Å². The molecule has 2 aromatic carbocycles. The van der Waals surface area contributed by atoms with Gasteiger partial charge in [-0.3, -0.25) is 4.79 Å². The average molecular weight is 411 g/mol. The van der Waals surface area contributed by atoms with Crippen LogP contribution in [0.4, 0.5) is 5.82 Å². The molecule has 2 aromatic heterocycles. The molecule has 2 heterocycles. The smallest absolute Gasteiger partial charge is 0.212 e. The summed E-state index contributed by atoms with van der Waals surface area (Å²) in [7, 11) is 1.62. The number of benzene rings is 2. The highest BCUT2D eigenvalue weighted by atomic mass is 35.5. The second-order valence-electron chi connectivity index (χ2n) is 5.84. The largest absolute Gasteiger partial charge is 0.497 e. The number of hydrogen-bond acceptors (Lipinski definition) is 5. The van der Waals surface area contributed by atoms with Crippen LogP contribution in [-0.2, 0) is 4.79 Å². The third-order valence-electron chi connectivity index (χ3n) is 4.12. The molecule has 0 unspecified atom stereocenters. The fourth-order valence-corrected chi connectivity index (χ4v) is 3.63. The lowest BCUT2D eigenvalue weighted by atomic mass is 10.1. The van der Waals surface area contributed by atoms with E-state index in [1.54, 1.807) is 17.9 Å². The van der Waals surface area contributed by atoms with Crippen molar-refractivity contribution in [1.29, 1.82) is 0 Å². The maximum Gasteiger partial charge on any atom is 0.212 e. The van der Waals surface area contributed by atoms with Crippen LogP contribution in [0.15, 0.2) is 60.0 Å². The summed E-state index contributed by atoms with van der Waals surface area (Å²) in [5.74, 6) is 1.31. The monoisotopic (exact) mass is 410 g/mol. The lowest BCUT2D eigenvalue weighted by molar-refractivity contribution is -0.105. The molecule has 8 heteroatoms. The third kappa shape index (κ3) is 3.62. The number of carbonyl (C=O) groups is 1. The lowest BCUT2D eigenvalue weighted by Crippen LogP contribution is -2.04. The molecule has 0 saturated heterocycles. The standard InChI is InChI=1S/C20H15ClN4O2S/c1-27-16-8-4-13(5-9-16)17-10-19(22-12-26)25(24-17)20-23-18(11-28-20)14-2-6-15(21)7-3-14/h2-12H,1H3,(H,22,26). The number of nitrogens with one attached hydrogen (secondary N) is 1. The lowest BCUT2D eigenvalue weighted by Gasteiger charge is -2.02. The first-order chi connectivity index (χ1) is 13.7. The van der Waals surface area contributed by atoms with Crippen molar-refractivity contribution in [2.45, 2.75) is 0 Å². The van der Waals surface area contributed by atoms with E-state index >= 15 is 0 Å². The van der Waals surface area contributed by atoms with Gasteiger partial charge >= 0.3 is 0 Å². The summed E-state index contributed by atoms with van der Waals surface area (Å²) < 4.78 is 6.82. The van der Waals surface area contributed by atoms with Gasteiger partial charge in [0.1, 0.15) is 11.6 Å². The minimum Gasteiger partial charge on any atom is -0.497 e. The maximum absolute atomic E-state index is 11.0. The van der Waals surface area contributed by atoms with Gasteiger partial charge in [0.15, 0.2) is 0 Å². The van der Waals surface area contributed by atoms with Crippen LogP contribution in [0.3, 0.4) is 0 Å². The van der Waals surface area contributed by atoms with Gasteiger partial charge in [-0.25, -0.2) is 4.98 Å². The van der Waals surface area contributed by atoms with Gasteiger partial charge in [-0.15, -0.1) is 11.3 Å². The number of thiazole rings is 1. The molecule has 0 aliphatic heterocycles. The molecule has 0 spiro atoms. The van der Waals surface area contributed by atoms with Crippen molar-refractivity contribution in [2.24, 2.45) is 0 Å². The van der Waals surface area contributed by atoms with E-state index in [-0.39, 0.29) is 0 Å². The number of methoxy groups -OCH3 is 1. The highest BCUT2D eigenvalue weighted by Crippen LogP contribution is 2.30. The Hall–Kier alpha value is -3.16. The Balaban J connectivity index is 1.71. The second-order valence-corrected chi connectivity index (χ2v) is 7.11. The Morgan fingerprint density at radius 1 is 1.07 bits per heavy atom. The molecule has 6 nitrogen and oxygen atoms in total. The Kier molecular flexibility index (Phi) is 5.10. The highest BCUT2D eigenvalue weighted by Gasteiger charge is 2.15. The van der Waals surface area contributed by atoms with Crippen LogP contribution in [0.2, 0.25) is 5.02 Å². The molecule has 140 valence electrons. The van der Waals surface area contributed by atoms with E-state index < -0.39 is 0 Å². The molecular weight excluding hydrogens is 396 g/mol. The summed E-state index contributed by atoms with van der Waals surface area (Å²) in [6.07, 6.45) is 0.624. The Labute approximate surface area is 170 Å². The number of anilines is 1. The average Bonchev–Trinajstić information content (AvgIpc) is 3.36. The molecule has 4 aromatic rings. The summed E-state index contributed by atoms with van der Waals surface area (Å²) >= 11 is 7.39. The minimum atomic E-state index is 0.540. The van der Waals surface area contributed by atoms with E-state index in [1.165, 1.54) is 11.3 Å². The van der Waals surface area contributed by atoms with Crippen LogP contribution in [0.5, 0.6) is 5.75 Å². The van der Waals surface area contributed by atoms with Gasteiger partial charge in [0.05, 0.1) is 18.5 Å².